The molecule has 0 atom stereocenters. The Morgan fingerprint density at radius 3 is 2.55 bits per heavy atom. The first kappa shape index (κ1) is 14.6. The molecule has 2 rings (SSSR count). The van der Waals surface area contributed by atoms with Gasteiger partial charge in [0.15, 0.2) is 0 Å². The van der Waals surface area contributed by atoms with Gasteiger partial charge in [0.25, 0.3) is 0 Å². The molecule has 0 aliphatic carbocycles. The third-order valence-corrected chi connectivity index (χ3v) is 3.45. The Labute approximate surface area is 122 Å². The summed E-state index contributed by atoms with van der Waals surface area (Å²) >= 11 is 0. The number of hydrogen-bond donors (Lipinski definition) is 0. The number of rotatable bonds is 6. The number of benzene rings is 2. The van der Waals surface area contributed by atoms with Crippen LogP contribution >= 0.6 is 0 Å². The summed E-state index contributed by atoms with van der Waals surface area (Å²) in [6.07, 6.45) is 2.28. The van der Waals surface area contributed by atoms with Crippen LogP contribution in [-0.2, 0) is 6.42 Å². The molecule has 2 aromatic carbocycles. The maximum atomic E-state index is 5.32. The number of methoxy groups -OCH3 is 1. The van der Waals surface area contributed by atoms with Gasteiger partial charge in [-0.1, -0.05) is 36.4 Å². The van der Waals surface area contributed by atoms with Gasteiger partial charge >= 0.3 is 0 Å². The van der Waals surface area contributed by atoms with Crippen molar-refractivity contribution in [2.45, 2.75) is 12.8 Å². The molecule has 0 saturated carbocycles. The van der Waals surface area contributed by atoms with Crippen molar-refractivity contribution in [3.63, 3.8) is 0 Å². The Kier molecular flexibility index (Phi) is 5.19. The molecule has 20 heavy (non-hydrogen) atoms. The van der Waals surface area contributed by atoms with Crippen molar-refractivity contribution in [2.75, 3.05) is 27.7 Å². The Balaban J connectivity index is 2.22. The lowest BCUT2D eigenvalue weighted by molar-refractivity contribution is 0.400. The van der Waals surface area contributed by atoms with Crippen LogP contribution in [0.15, 0.2) is 48.5 Å². The molecular weight excluding hydrogens is 246 g/mol. The lowest BCUT2D eigenvalue weighted by Gasteiger charge is -2.13. The topological polar surface area (TPSA) is 12.5 Å². The minimum absolute atomic E-state index is 0.908. The van der Waals surface area contributed by atoms with Gasteiger partial charge in [0.2, 0.25) is 0 Å². The summed E-state index contributed by atoms with van der Waals surface area (Å²) in [5.41, 5.74) is 3.94. The molecule has 106 valence electrons. The quantitative estimate of drug-likeness (QED) is 0.789. The van der Waals surface area contributed by atoms with Crippen LogP contribution in [0, 0.1) is 0 Å². The monoisotopic (exact) mass is 269 g/mol. The second-order valence-corrected chi connectivity index (χ2v) is 5.30. The maximum absolute atomic E-state index is 5.32. The fraction of sp³-hybridized carbons (Fsp3) is 0.333. The van der Waals surface area contributed by atoms with Crippen LogP contribution in [0.5, 0.6) is 5.75 Å². The first-order valence-corrected chi connectivity index (χ1v) is 7.08. The average molecular weight is 269 g/mol. The molecule has 2 heteroatoms. The van der Waals surface area contributed by atoms with Gasteiger partial charge in [0, 0.05) is 0 Å². The largest absolute Gasteiger partial charge is 0.497 e. The molecular formula is C18H23NO. The third-order valence-electron chi connectivity index (χ3n) is 3.45. The number of ether oxygens (including phenoxy) is 1. The highest BCUT2D eigenvalue weighted by molar-refractivity contribution is 5.68. The van der Waals surface area contributed by atoms with Gasteiger partial charge in [-0.3, -0.25) is 0 Å². The minimum atomic E-state index is 0.908. The highest BCUT2D eigenvalue weighted by atomic mass is 16.5. The molecule has 0 spiro atoms. The van der Waals surface area contributed by atoms with Crippen molar-refractivity contribution in [3.05, 3.63) is 54.1 Å². The van der Waals surface area contributed by atoms with Crippen LogP contribution in [0.4, 0.5) is 0 Å². The minimum Gasteiger partial charge on any atom is -0.497 e. The van der Waals surface area contributed by atoms with E-state index in [1.807, 2.05) is 12.1 Å². The van der Waals surface area contributed by atoms with E-state index < -0.39 is 0 Å². The molecule has 0 heterocycles. The van der Waals surface area contributed by atoms with E-state index in [1.54, 1.807) is 7.11 Å². The number of hydrogen-bond acceptors (Lipinski definition) is 2. The van der Waals surface area contributed by atoms with Crippen LogP contribution < -0.4 is 4.74 Å². The van der Waals surface area contributed by atoms with Gasteiger partial charge in [0.05, 0.1) is 7.11 Å². The Morgan fingerprint density at radius 1 is 1.00 bits per heavy atom. The van der Waals surface area contributed by atoms with Crippen molar-refractivity contribution in [1.29, 1.82) is 0 Å². The molecule has 2 aromatic rings. The van der Waals surface area contributed by atoms with Crippen LogP contribution in [0.3, 0.4) is 0 Å². The molecule has 0 fully saturated rings. The molecule has 0 N–H and O–H groups in total. The van der Waals surface area contributed by atoms with E-state index in [2.05, 4.69) is 55.4 Å². The summed E-state index contributed by atoms with van der Waals surface area (Å²) in [4.78, 5) is 2.23. The Hall–Kier alpha value is -1.80. The van der Waals surface area contributed by atoms with Crippen molar-refractivity contribution in [1.82, 2.24) is 4.90 Å². The van der Waals surface area contributed by atoms with Crippen LogP contribution in [0.25, 0.3) is 11.1 Å². The van der Waals surface area contributed by atoms with Gasteiger partial charge in [0.1, 0.15) is 5.75 Å². The van der Waals surface area contributed by atoms with Gasteiger partial charge in [-0.2, -0.15) is 0 Å². The summed E-state index contributed by atoms with van der Waals surface area (Å²) in [7, 11) is 5.95. The SMILES string of the molecule is COc1cccc(-c2ccccc2CCCN(C)C)c1. The van der Waals surface area contributed by atoms with Gasteiger partial charge < -0.3 is 9.64 Å². The Morgan fingerprint density at radius 2 is 1.80 bits per heavy atom. The van der Waals surface area contributed by atoms with Gasteiger partial charge in [-0.25, -0.2) is 0 Å². The summed E-state index contributed by atoms with van der Waals surface area (Å²) < 4.78 is 5.32. The first-order valence-electron chi connectivity index (χ1n) is 7.08. The summed E-state index contributed by atoms with van der Waals surface area (Å²) in [6.45, 7) is 1.12. The fourth-order valence-corrected chi connectivity index (χ4v) is 2.40. The molecule has 0 aromatic heterocycles. The van der Waals surface area contributed by atoms with E-state index in [9.17, 15) is 0 Å². The van der Waals surface area contributed by atoms with Crippen LogP contribution in [0.2, 0.25) is 0 Å². The third kappa shape index (κ3) is 3.84. The average Bonchev–Trinajstić information content (AvgIpc) is 2.47. The van der Waals surface area contributed by atoms with Crippen molar-refractivity contribution >= 4 is 0 Å². The lowest BCUT2D eigenvalue weighted by Crippen LogP contribution is -2.13. The second kappa shape index (κ2) is 7.11. The predicted molar refractivity (Wildman–Crippen MR) is 85.3 cm³/mol. The zero-order valence-corrected chi connectivity index (χ0v) is 12.6. The molecule has 0 aliphatic heterocycles. The van der Waals surface area contributed by atoms with E-state index in [0.29, 0.717) is 0 Å². The standard InChI is InChI=1S/C18H23NO/c1-19(2)13-7-10-15-8-4-5-12-18(15)16-9-6-11-17(14-16)20-3/h4-6,8-9,11-12,14H,7,10,13H2,1-3H3. The lowest BCUT2D eigenvalue weighted by atomic mass is 9.96. The van der Waals surface area contributed by atoms with E-state index in [-0.39, 0.29) is 0 Å². The maximum Gasteiger partial charge on any atom is 0.119 e. The molecule has 0 unspecified atom stereocenters. The number of aryl methyl sites for hydroxylation is 1. The highest BCUT2D eigenvalue weighted by Crippen LogP contribution is 2.27. The molecule has 0 saturated heterocycles. The predicted octanol–water partition coefficient (Wildman–Crippen LogP) is 3.86. The van der Waals surface area contributed by atoms with Crippen molar-refractivity contribution in [2.24, 2.45) is 0 Å². The van der Waals surface area contributed by atoms with E-state index >= 15 is 0 Å². The second-order valence-electron chi connectivity index (χ2n) is 5.30. The smallest absolute Gasteiger partial charge is 0.119 e. The molecule has 0 bridgehead atoms. The Bertz CT molecular complexity index is 549. The van der Waals surface area contributed by atoms with Gasteiger partial charge in [-0.15, -0.1) is 0 Å². The molecule has 0 radical (unpaired) electrons. The van der Waals surface area contributed by atoms with Gasteiger partial charge in [-0.05, 0) is 62.3 Å². The zero-order valence-electron chi connectivity index (χ0n) is 12.6. The van der Waals surface area contributed by atoms with Crippen molar-refractivity contribution < 1.29 is 4.74 Å². The zero-order chi connectivity index (χ0) is 14.4. The van der Waals surface area contributed by atoms with E-state index in [4.69, 9.17) is 4.74 Å². The highest BCUT2D eigenvalue weighted by Gasteiger charge is 2.05. The summed E-state index contributed by atoms with van der Waals surface area (Å²) in [5.74, 6) is 0.908. The van der Waals surface area contributed by atoms with E-state index in [0.717, 1.165) is 18.7 Å². The molecule has 0 aliphatic rings. The van der Waals surface area contributed by atoms with E-state index in [1.165, 1.54) is 23.1 Å². The summed E-state index contributed by atoms with van der Waals surface area (Å²) in [5, 5.41) is 0. The number of nitrogens with zero attached hydrogens (tertiary/aromatic N) is 1. The molecule has 2 nitrogen and oxygen atoms in total. The van der Waals surface area contributed by atoms with Crippen LogP contribution in [0.1, 0.15) is 12.0 Å². The normalized spacial score (nSPS) is 10.8. The molecule has 0 amide bonds. The first-order chi connectivity index (χ1) is 9.70. The fourth-order valence-electron chi connectivity index (χ4n) is 2.40. The van der Waals surface area contributed by atoms with Crippen LogP contribution in [-0.4, -0.2) is 32.6 Å². The van der Waals surface area contributed by atoms with Crippen molar-refractivity contribution in [3.8, 4) is 16.9 Å². The summed E-state index contributed by atoms with van der Waals surface area (Å²) in [6, 6.07) is 16.9.